The fraction of sp³-hybridized carbons (Fsp3) is 0.538. The molecule has 0 bridgehead atoms. The van der Waals surface area contributed by atoms with Crippen molar-refractivity contribution in [3.63, 3.8) is 0 Å². The molecular weight excluding hydrogens is 225 g/mol. The van der Waals surface area contributed by atoms with Gasteiger partial charge in [0.2, 0.25) is 0 Å². The number of halogens is 2. The van der Waals surface area contributed by atoms with E-state index in [9.17, 15) is 4.39 Å². The molecule has 0 aliphatic heterocycles. The van der Waals surface area contributed by atoms with E-state index >= 15 is 0 Å². The Kier molecular flexibility index (Phi) is 3.22. The maximum Gasteiger partial charge on any atom is 0.127 e. The highest BCUT2D eigenvalue weighted by molar-refractivity contribution is 6.31. The molecule has 0 atom stereocenters. The van der Waals surface area contributed by atoms with Crippen LogP contribution in [0.5, 0.6) is 0 Å². The molecule has 0 saturated heterocycles. The van der Waals surface area contributed by atoms with Gasteiger partial charge in [-0.3, -0.25) is 0 Å². The predicted octanol–water partition coefficient (Wildman–Crippen LogP) is 3.56. The van der Waals surface area contributed by atoms with Gasteiger partial charge < -0.3 is 5.73 Å². The summed E-state index contributed by atoms with van der Waals surface area (Å²) in [6, 6.07) is 3.08. The van der Waals surface area contributed by atoms with Crippen molar-refractivity contribution >= 4 is 11.6 Å². The van der Waals surface area contributed by atoms with Crippen LogP contribution < -0.4 is 5.73 Å². The van der Waals surface area contributed by atoms with E-state index in [4.69, 9.17) is 17.3 Å². The molecule has 0 spiro atoms. The summed E-state index contributed by atoms with van der Waals surface area (Å²) in [5.74, 6) is -0.158. The van der Waals surface area contributed by atoms with Crippen LogP contribution in [0.4, 0.5) is 4.39 Å². The summed E-state index contributed by atoms with van der Waals surface area (Å²) < 4.78 is 14.0. The van der Waals surface area contributed by atoms with Gasteiger partial charge >= 0.3 is 0 Å². The molecule has 0 amide bonds. The summed E-state index contributed by atoms with van der Waals surface area (Å²) in [7, 11) is 0. The normalized spacial score (nSPS) is 19.0. The summed E-state index contributed by atoms with van der Waals surface area (Å²) in [5, 5.41) is 0.635. The van der Waals surface area contributed by atoms with Gasteiger partial charge in [0, 0.05) is 17.0 Å². The first kappa shape index (κ1) is 11.9. The van der Waals surface area contributed by atoms with Gasteiger partial charge in [0.1, 0.15) is 5.82 Å². The average Bonchev–Trinajstić information content (AvgIpc) is 2.74. The Morgan fingerprint density at radius 3 is 2.56 bits per heavy atom. The van der Waals surface area contributed by atoms with E-state index in [0.29, 0.717) is 11.6 Å². The number of hydrogen-bond acceptors (Lipinski definition) is 1. The fourth-order valence-electron chi connectivity index (χ4n) is 2.91. The van der Waals surface area contributed by atoms with Crippen LogP contribution in [-0.4, -0.2) is 6.54 Å². The number of nitrogens with two attached hydrogens (primary N) is 1. The Morgan fingerprint density at radius 1 is 1.38 bits per heavy atom. The molecule has 1 aliphatic carbocycles. The Balaban J connectivity index is 2.57. The second-order valence-corrected chi connectivity index (χ2v) is 5.13. The molecule has 2 N–H and O–H groups in total. The lowest BCUT2D eigenvalue weighted by molar-refractivity contribution is 0.424. The van der Waals surface area contributed by atoms with Crippen LogP contribution in [0.15, 0.2) is 12.1 Å². The molecular formula is C13H17ClFN. The molecule has 88 valence electrons. The van der Waals surface area contributed by atoms with Crippen molar-refractivity contribution in [1.82, 2.24) is 0 Å². The van der Waals surface area contributed by atoms with Gasteiger partial charge in [-0.1, -0.05) is 24.4 Å². The van der Waals surface area contributed by atoms with E-state index in [0.717, 1.165) is 36.8 Å². The van der Waals surface area contributed by atoms with Gasteiger partial charge in [0.15, 0.2) is 0 Å². The van der Waals surface area contributed by atoms with Crippen molar-refractivity contribution in [2.24, 2.45) is 5.73 Å². The van der Waals surface area contributed by atoms with Crippen LogP contribution >= 0.6 is 11.6 Å². The monoisotopic (exact) mass is 241 g/mol. The summed E-state index contributed by atoms with van der Waals surface area (Å²) in [6.45, 7) is 2.39. The molecule has 0 aromatic heterocycles. The molecule has 1 aromatic carbocycles. The molecule has 1 nitrogen and oxygen atoms in total. The van der Waals surface area contributed by atoms with Crippen molar-refractivity contribution in [1.29, 1.82) is 0 Å². The van der Waals surface area contributed by atoms with Crippen LogP contribution in [-0.2, 0) is 5.41 Å². The zero-order valence-corrected chi connectivity index (χ0v) is 10.3. The minimum absolute atomic E-state index is 0.158. The molecule has 1 saturated carbocycles. The number of benzene rings is 1. The summed E-state index contributed by atoms with van der Waals surface area (Å²) >= 11 is 6.08. The molecule has 3 heteroatoms. The molecule has 1 aromatic rings. The zero-order chi connectivity index (χ0) is 11.8. The second kappa shape index (κ2) is 4.34. The zero-order valence-electron chi connectivity index (χ0n) is 9.52. The average molecular weight is 242 g/mol. The highest BCUT2D eigenvalue weighted by Crippen LogP contribution is 2.43. The Labute approximate surface area is 101 Å². The third-order valence-corrected chi connectivity index (χ3v) is 4.24. The van der Waals surface area contributed by atoms with Gasteiger partial charge in [0.05, 0.1) is 0 Å². The second-order valence-electron chi connectivity index (χ2n) is 4.72. The third kappa shape index (κ3) is 1.74. The lowest BCUT2D eigenvalue weighted by Gasteiger charge is -2.30. The Hall–Kier alpha value is -0.600. The fourth-order valence-corrected chi connectivity index (χ4v) is 3.07. The van der Waals surface area contributed by atoms with Crippen LogP contribution in [0.2, 0.25) is 5.02 Å². The van der Waals surface area contributed by atoms with Crippen LogP contribution in [0.3, 0.4) is 0 Å². The maximum absolute atomic E-state index is 14.0. The predicted molar refractivity (Wildman–Crippen MR) is 65.3 cm³/mol. The summed E-state index contributed by atoms with van der Waals surface area (Å²) in [5.41, 5.74) is 7.30. The van der Waals surface area contributed by atoms with Gasteiger partial charge in [-0.15, -0.1) is 0 Å². The standard InChI is InChI=1S/C13H17ClFN/c1-9-10(14)4-5-11(15)12(9)13(8-16)6-2-3-7-13/h4-5H,2-3,6-8,16H2,1H3. The first-order valence-electron chi connectivity index (χ1n) is 5.76. The molecule has 1 aliphatic rings. The van der Waals surface area contributed by atoms with E-state index in [-0.39, 0.29) is 11.2 Å². The Bertz CT molecular complexity index is 397. The molecule has 2 rings (SSSR count). The molecule has 1 fully saturated rings. The molecule has 0 unspecified atom stereocenters. The smallest absolute Gasteiger partial charge is 0.127 e. The summed E-state index contributed by atoms with van der Waals surface area (Å²) in [6.07, 6.45) is 4.20. The maximum atomic E-state index is 14.0. The van der Waals surface area contributed by atoms with Crippen molar-refractivity contribution in [2.75, 3.05) is 6.54 Å². The van der Waals surface area contributed by atoms with Gasteiger partial charge in [-0.25, -0.2) is 4.39 Å². The highest BCUT2D eigenvalue weighted by atomic mass is 35.5. The number of hydrogen-bond donors (Lipinski definition) is 1. The lowest BCUT2D eigenvalue weighted by Crippen LogP contribution is -2.34. The van der Waals surface area contributed by atoms with E-state index in [1.165, 1.54) is 6.07 Å². The molecule has 0 heterocycles. The van der Waals surface area contributed by atoms with Crippen molar-refractivity contribution in [3.8, 4) is 0 Å². The van der Waals surface area contributed by atoms with Gasteiger partial charge in [0.25, 0.3) is 0 Å². The largest absolute Gasteiger partial charge is 0.330 e. The van der Waals surface area contributed by atoms with Gasteiger partial charge in [-0.05, 0) is 43.0 Å². The minimum Gasteiger partial charge on any atom is -0.330 e. The molecule has 16 heavy (non-hydrogen) atoms. The third-order valence-electron chi connectivity index (χ3n) is 3.83. The Morgan fingerprint density at radius 2 is 2.00 bits per heavy atom. The lowest BCUT2D eigenvalue weighted by atomic mass is 9.76. The van der Waals surface area contributed by atoms with Crippen LogP contribution in [0, 0.1) is 12.7 Å². The first-order chi connectivity index (χ1) is 7.60. The van der Waals surface area contributed by atoms with Crippen molar-refractivity contribution in [2.45, 2.75) is 38.0 Å². The molecule has 0 radical (unpaired) electrons. The quantitative estimate of drug-likeness (QED) is 0.842. The first-order valence-corrected chi connectivity index (χ1v) is 6.14. The van der Waals surface area contributed by atoms with Gasteiger partial charge in [-0.2, -0.15) is 0 Å². The number of rotatable bonds is 2. The van der Waals surface area contributed by atoms with E-state index < -0.39 is 0 Å². The van der Waals surface area contributed by atoms with E-state index in [2.05, 4.69) is 0 Å². The van der Waals surface area contributed by atoms with E-state index in [1.54, 1.807) is 6.07 Å². The van der Waals surface area contributed by atoms with Crippen molar-refractivity contribution in [3.05, 3.63) is 34.1 Å². The SMILES string of the molecule is Cc1c(Cl)ccc(F)c1C1(CN)CCCC1. The van der Waals surface area contributed by atoms with E-state index in [1.807, 2.05) is 6.92 Å². The highest BCUT2D eigenvalue weighted by Gasteiger charge is 2.37. The van der Waals surface area contributed by atoms with Crippen LogP contribution in [0.1, 0.15) is 36.8 Å². The topological polar surface area (TPSA) is 26.0 Å². The summed E-state index contributed by atoms with van der Waals surface area (Å²) in [4.78, 5) is 0. The van der Waals surface area contributed by atoms with Crippen molar-refractivity contribution < 1.29 is 4.39 Å². The van der Waals surface area contributed by atoms with Crippen LogP contribution in [0.25, 0.3) is 0 Å². The minimum atomic E-state index is -0.181.